The zero-order valence-electron chi connectivity index (χ0n) is 18.6. The van der Waals surface area contributed by atoms with Gasteiger partial charge in [-0.3, -0.25) is 4.72 Å². The normalized spacial score (nSPS) is 14.8. The molecule has 1 aromatic carbocycles. The summed E-state index contributed by atoms with van der Waals surface area (Å²) >= 11 is 5.88. The van der Waals surface area contributed by atoms with Gasteiger partial charge in [0.05, 0.1) is 22.3 Å². The maximum Gasteiger partial charge on any atom is 0.433 e. The van der Waals surface area contributed by atoms with E-state index < -0.39 is 21.9 Å². The molecule has 0 amide bonds. The minimum Gasteiger partial charge on any atom is -0.354 e. The molecule has 1 aliphatic heterocycles. The van der Waals surface area contributed by atoms with E-state index in [1.165, 1.54) is 30.5 Å². The zero-order valence-corrected chi connectivity index (χ0v) is 20.1. The summed E-state index contributed by atoms with van der Waals surface area (Å²) in [5.74, 6) is 0.320. The fourth-order valence-electron chi connectivity index (χ4n) is 3.68. The molecule has 2 aromatic heterocycles. The van der Waals surface area contributed by atoms with Crippen LogP contribution in [0.15, 0.2) is 53.7 Å². The summed E-state index contributed by atoms with van der Waals surface area (Å²) in [6.07, 6.45) is -1.64. The number of halogens is 4. The summed E-state index contributed by atoms with van der Waals surface area (Å²) in [7, 11) is -3.95. The summed E-state index contributed by atoms with van der Waals surface area (Å²) in [6, 6.07) is 9.97. The van der Waals surface area contributed by atoms with Crippen molar-refractivity contribution < 1.29 is 21.6 Å². The monoisotopic (exact) mass is 537 g/mol. The van der Waals surface area contributed by atoms with E-state index in [0.717, 1.165) is 12.3 Å². The molecule has 0 saturated carbocycles. The van der Waals surface area contributed by atoms with Gasteiger partial charge in [-0.05, 0) is 36.8 Å². The van der Waals surface area contributed by atoms with Crippen LogP contribution >= 0.6 is 11.6 Å². The van der Waals surface area contributed by atoms with Crippen LogP contribution in [-0.2, 0) is 16.2 Å². The minimum atomic E-state index is -4.57. The molecule has 0 atom stereocenters. The third-order valence-electron chi connectivity index (χ3n) is 5.36. The van der Waals surface area contributed by atoms with Crippen LogP contribution in [0.5, 0.6) is 0 Å². The molecule has 0 unspecified atom stereocenters. The number of benzene rings is 1. The Kier molecular flexibility index (Phi) is 7.18. The highest BCUT2D eigenvalue weighted by Crippen LogP contribution is 2.29. The second-order valence-corrected chi connectivity index (χ2v) is 9.96. The van der Waals surface area contributed by atoms with Crippen molar-refractivity contribution in [3.8, 4) is 6.07 Å². The van der Waals surface area contributed by atoms with Crippen LogP contribution in [0.4, 0.5) is 30.6 Å². The lowest BCUT2D eigenvalue weighted by molar-refractivity contribution is -0.141. The van der Waals surface area contributed by atoms with Crippen molar-refractivity contribution in [2.45, 2.75) is 17.5 Å². The number of anilines is 3. The second-order valence-electron chi connectivity index (χ2n) is 7.84. The number of rotatable bonds is 5. The SMILES string of the molecule is N#Cc1cc(NS(=O)(=O)c2cccc(Cl)c2)cnc1N1CCCN(c2nccc(C(F)(F)F)n2)CC1. The Balaban J connectivity index is 1.51. The fourth-order valence-corrected chi connectivity index (χ4v) is 5.02. The molecule has 1 fully saturated rings. The molecule has 36 heavy (non-hydrogen) atoms. The third kappa shape index (κ3) is 5.77. The Morgan fingerprint density at radius 3 is 2.53 bits per heavy atom. The largest absolute Gasteiger partial charge is 0.433 e. The molecule has 9 nitrogen and oxygen atoms in total. The topological polar surface area (TPSA) is 115 Å². The lowest BCUT2D eigenvalue weighted by atomic mass is 10.2. The summed E-state index contributed by atoms with van der Waals surface area (Å²) in [5.41, 5.74) is -0.771. The first-order valence-corrected chi connectivity index (χ1v) is 12.5. The van der Waals surface area contributed by atoms with Crippen LogP contribution in [0, 0.1) is 11.3 Å². The Hall–Kier alpha value is -3.63. The van der Waals surface area contributed by atoms with Crippen molar-refractivity contribution in [1.29, 1.82) is 5.26 Å². The quantitative estimate of drug-likeness (QED) is 0.520. The number of nitriles is 1. The number of nitrogens with one attached hydrogen (secondary N) is 1. The van der Waals surface area contributed by atoms with Crippen LogP contribution in [0.3, 0.4) is 0 Å². The van der Waals surface area contributed by atoms with E-state index in [2.05, 4.69) is 19.7 Å². The molecular formula is C22H19ClF3N7O2S. The van der Waals surface area contributed by atoms with Gasteiger partial charge in [-0.1, -0.05) is 17.7 Å². The maximum absolute atomic E-state index is 13.0. The molecule has 1 aliphatic rings. The molecule has 0 spiro atoms. The molecule has 4 rings (SSSR count). The van der Waals surface area contributed by atoms with Crippen LogP contribution in [0.2, 0.25) is 5.02 Å². The van der Waals surface area contributed by atoms with Gasteiger partial charge in [-0.15, -0.1) is 0 Å². The molecular weight excluding hydrogens is 519 g/mol. The molecule has 1 N–H and O–H groups in total. The van der Waals surface area contributed by atoms with Gasteiger partial charge in [0.1, 0.15) is 17.6 Å². The average molecular weight is 538 g/mol. The lowest BCUT2D eigenvalue weighted by Crippen LogP contribution is -2.32. The maximum atomic E-state index is 13.0. The van der Waals surface area contributed by atoms with Gasteiger partial charge in [-0.25, -0.2) is 23.4 Å². The highest BCUT2D eigenvalue weighted by Gasteiger charge is 2.33. The zero-order chi connectivity index (χ0) is 25.9. The van der Waals surface area contributed by atoms with E-state index in [0.29, 0.717) is 38.4 Å². The number of hydrogen-bond donors (Lipinski definition) is 1. The van der Waals surface area contributed by atoms with Crippen molar-refractivity contribution >= 4 is 39.1 Å². The summed E-state index contributed by atoms with van der Waals surface area (Å²) in [4.78, 5) is 15.4. The van der Waals surface area contributed by atoms with Gasteiger partial charge in [0.2, 0.25) is 5.95 Å². The predicted molar refractivity (Wildman–Crippen MR) is 127 cm³/mol. The van der Waals surface area contributed by atoms with E-state index in [-0.39, 0.29) is 27.1 Å². The fraction of sp³-hybridized carbons (Fsp3) is 0.273. The first-order valence-electron chi connectivity index (χ1n) is 10.7. The van der Waals surface area contributed by atoms with Crippen molar-refractivity contribution in [2.24, 2.45) is 0 Å². The van der Waals surface area contributed by atoms with Gasteiger partial charge >= 0.3 is 6.18 Å². The standard InChI is InChI=1S/C22H19ClF3N7O2S/c23-16-3-1-4-18(12-16)36(34,35)31-17-11-15(13-27)20(29-14-17)32-7-2-8-33(10-9-32)21-28-6-5-19(30-21)22(24,25)26/h1,3-6,11-12,14,31H,2,7-10H2. The Morgan fingerprint density at radius 1 is 1.06 bits per heavy atom. The van der Waals surface area contributed by atoms with Crippen LogP contribution in [0.1, 0.15) is 17.7 Å². The highest BCUT2D eigenvalue weighted by molar-refractivity contribution is 7.92. The number of nitrogens with zero attached hydrogens (tertiary/aromatic N) is 6. The van der Waals surface area contributed by atoms with Crippen molar-refractivity contribution in [2.75, 3.05) is 40.7 Å². The van der Waals surface area contributed by atoms with Gasteiger partial charge < -0.3 is 9.80 Å². The summed E-state index contributed by atoms with van der Waals surface area (Å²) < 4.78 is 66.8. The average Bonchev–Trinajstić information content (AvgIpc) is 3.10. The van der Waals surface area contributed by atoms with Gasteiger partial charge in [-0.2, -0.15) is 18.4 Å². The molecule has 188 valence electrons. The number of alkyl halides is 3. The molecule has 0 bridgehead atoms. The molecule has 1 saturated heterocycles. The van der Waals surface area contributed by atoms with Gasteiger partial charge in [0.15, 0.2) is 0 Å². The Labute approximate surface area is 210 Å². The first kappa shape index (κ1) is 25.5. The summed E-state index contributed by atoms with van der Waals surface area (Å²) in [6.45, 7) is 1.54. The van der Waals surface area contributed by atoms with Crippen molar-refractivity contribution in [3.05, 3.63) is 65.1 Å². The number of pyridine rings is 1. The lowest BCUT2D eigenvalue weighted by Gasteiger charge is -2.24. The van der Waals surface area contributed by atoms with Gasteiger partial charge in [0.25, 0.3) is 10.0 Å². The van der Waals surface area contributed by atoms with Crippen molar-refractivity contribution in [1.82, 2.24) is 15.0 Å². The number of hydrogen-bond acceptors (Lipinski definition) is 8. The third-order valence-corrected chi connectivity index (χ3v) is 6.97. The van der Waals surface area contributed by atoms with E-state index in [9.17, 15) is 26.9 Å². The molecule has 14 heteroatoms. The van der Waals surface area contributed by atoms with Crippen LogP contribution in [0.25, 0.3) is 0 Å². The Morgan fingerprint density at radius 2 is 1.81 bits per heavy atom. The number of sulfonamides is 1. The molecule has 3 aromatic rings. The smallest absolute Gasteiger partial charge is 0.354 e. The van der Waals surface area contributed by atoms with E-state index >= 15 is 0 Å². The molecule has 0 aliphatic carbocycles. The molecule has 0 radical (unpaired) electrons. The first-order chi connectivity index (χ1) is 17.1. The highest BCUT2D eigenvalue weighted by atomic mass is 35.5. The van der Waals surface area contributed by atoms with E-state index in [1.807, 2.05) is 11.0 Å². The molecule has 3 heterocycles. The van der Waals surface area contributed by atoms with Crippen LogP contribution in [-0.4, -0.2) is 49.5 Å². The second kappa shape index (κ2) is 10.2. The predicted octanol–water partition coefficient (Wildman–Crippen LogP) is 3.93. The summed E-state index contributed by atoms with van der Waals surface area (Å²) in [5, 5.41) is 9.94. The van der Waals surface area contributed by atoms with E-state index in [4.69, 9.17) is 11.6 Å². The minimum absolute atomic E-state index is 0.0223. The van der Waals surface area contributed by atoms with Gasteiger partial charge in [0, 0.05) is 37.4 Å². The van der Waals surface area contributed by atoms with Crippen molar-refractivity contribution in [3.63, 3.8) is 0 Å². The van der Waals surface area contributed by atoms with E-state index in [1.54, 1.807) is 11.0 Å². The van der Waals surface area contributed by atoms with Crippen LogP contribution < -0.4 is 14.5 Å². The number of aromatic nitrogens is 3. The Bertz CT molecular complexity index is 1410.